The van der Waals surface area contributed by atoms with Crippen LogP contribution in [-0.4, -0.2) is 22.4 Å². The second kappa shape index (κ2) is 16.1. The maximum Gasteiger partial charge on any atom is 1.00 e. The molecule has 0 aromatic rings. The fourth-order valence-electron chi connectivity index (χ4n) is 0. The molecule has 0 fully saturated rings. The Morgan fingerprint density at radius 2 is 1.14 bits per heavy atom. The summed E-state index contributed by atoms with van der Waals surface area (Å²) in [6.45, 7) is 0. The van der Waals surface area contributed by atoms with Gasteiger partial charge in [0.25, 0.3) is 0 Å². The van der Waals surface area contributed by atoms with Gasteiger partial charge in [-0.3, -0.25) is 0 Å². The molecule has 0 saturated heterocycles. The molecule has 3 N–H and O–H groups in total. The maximum atomic E-state index is 7.17. The van der Waals surface area contributed by atoms with E-state index in [4.69, 9.17) is 15.1 Å². The molecule has 0 atom stereocenters. The monoisotopic (exact) mass is 368 g/mol. The molecule has 7 heavy (non-hydrogen) atoms. The minimum Gasteiger partial charge on any atom is -1.00 e. The van der Waals surface area contributed by atoms with E-state index < -0.39 is 7.32 Å². The number of rotatable bonds is 0. The van der Waals surface area contributed by atoms with E-state index >= 15 is 0 Å². The Labute approximate surface area is 122 Å². The molecule has 0 aliphatic rings. The molecule has 0 unspecified atom stereocenters. The summed E-state index contributed by atoms with van der Waals surface area (Å²) in [5, 5.41) is 21.5. The van der Waals surface area contributed by atoms with Crippen LogP contribution >= 0.6 is 0 Å². The Kier molecular flexibility index (Phi) is 51.7. The van der Waals surface area contributed by atoms with Crippen molar-refractivity contribution in [1.82, 2.24) is 0 Å². The molecule has 7 heteroatoms. The van der Waals surface area contributed by atoms with E-state index in [1.807, 2.05) is 0 Å². The Morgan fingerprint density at radius 3 is 1.14 bits per heavy atom. The van der Waals surface area contributed by atoms with Crippen molar-refractivity contribution in [3.8, 4) is 0 Å². The molecule has 38 valence electrons. The van der Waals surface area contributed by atoms with Gasteiger partial charge in [-0.2, -0.15) is 0 Å². The summed E-state index contributed by atoms with van der Waals surface area (Å²) >= 11 is 0. The van der Waals surface area contributed by atoms with Crippen LogP contribution < -0.4 is 18.9 Å². The molecule has 3 nitrogen and oxygen atoms in total. The van der Waals surface area contributed by atoms with Crippen molar-refractivity contribution in [3.63, 3.8) is 0 Å². The summed E-state index contributed by atoms with van der Waals surface area (Å²) in [5.41, 5.74) is 0. The molecule has 0 aliphatic heterocycles. The fraction of sp³-hybridized carbons (Fsp3) is 0. The number of hydrogen-bond donors (Lipinski definition) is 3. The molecule has 0 bridgehead atoms. The second-order valence-corrected chi connectivity index (χ2v) is 0.346. The average Bonchev–Trinajstić information content (AvgIpc) is 0.811. The van der Waals surface area contributed by atoms with Crippen LogP contribution in [0.2, 0.25) is 0 Å². The zero-order chi connectivity index (χ0) is 3.58. The van der Waals surface area contributed by atoms with Crippen LogP contribution in [0.4, 0.5) is 0 Å². The third kappa shape index (κ3) is 46.1. The zero-order valence-corrected chi connectivity index (χ0v) is 9.18. The van der Waals surface area contributed by atoms with E-state index in [1.54, 1.807) is 0 Å². The van der Waals surface area contributed by atoms with Gasteiger partial charge in [-0.25, -0.2) is 0 Å². The van der Waals surface area contributed by atoms with E-state index in [2.05, 4.69) is 0 Å². The molecule has 0 rings (SSSR count). The van der Waals surface area contributed by atoms with Crippen molar-refractivity contribution in [1.29, 1.82) is 0 Å². The molecular formula is H4BCeGdLiO3. The van der Waals surface area contributed by atoms with E-state index in [9.17, 15) is 0 Å². The van der Waals surface area contributed by atoms with E-state index in [1.165, 1.54) is 0 Å². The van der Waals surface area contributed by atoms with Crippen LogP contribution in [0.3, 0.4) is 0 Å². The van der Waals surface area contributed by atoms with Gasteiger partial charge in [-0.1, -0.05) is 0 Å². The van der Waals surface area contributed by atoms with E-state index in [0.717, 1.165) is 0 Å². The largest absolute Gasteiger partial charge is 1.00 e. The van der Waals surface area contributed by atoms with Gasteiger partial charge in [0.1, 0.15) is 0 Å². The van der Waals surface area contributed by atoms with Crippen LogP contribution in [0, 0.1) is 81.7 Å². The van der Waals surface area contributed by atoms with Gasteiger partial charge in [-0.15, -0.1) is 0 Å². The topological polar surface area (TPSA) is 60.7 Å². The molecule has 0 aromatic carbocycles. The van der Waals surface area contributed by atoms with E-state index in [-0.39, 0.29) is 102 Å². The summed E-state index contributed by atoms with van der Waals surface area (Å²) in [7, 11) is -2.17. The molecule has 0 saturated carbocycles. The summed E-state index contributed by atoms with van der Waals surface area (Å²) in [4.78, 5) is 0. The van der Waals surface area contributed by atoms with Crippen molar-refractivity contribution in [2.45, 2.75) is 0 Å². The Balaban J connectivity index is -0.00000000750. The van der Waals surface area contributed by atoms with Crippen LogP contribution in [0.25, 0.3) is 0 Å². The third-order valence-corrected chi connectivity index (χ3v) is 0. The third-order valence-electron chi connectivity index (χ3n) is 0. The van der Waals surface area contributed by atoms with Crippen LogP contribution in [0.5, 0.6) is 0 Å². The van der Waals surface area contributed by atoms with Gasteiger partial charge in [0.15, 0.2) is 0 Å². The molecule has 0 aromatic heterocycles. The predicted octanol–water partition coefficient (Wildman–Crippen LogP) is -4.94. The molecule has 0 amide bonds. The Hall–Kier alpha value is 3.24. The van der Waals surface area contributed by atoms with Gasteiger partial charge in [-0.05, 0) is 0 Å². The van der Waals surface area contributed by atoms with E-state index in [0.29, 0.717) is 0 Å². The van der Waals surface area contributed by atoms with Crippen LogP contribution in [0.15, 0.2) is 0 Å². The number of hydrogen-bond acceptors (Lipinski definition) is 3. The minimum absolute atomic E-state index is 0. The first-order valence-corrected chi connectivity index (χ1v) is 0.775. The fourth-order valence-corrected chi connectivity index (χ4v) is 0. The quantitative estimate of drug-likeness (QED) is 0.376. The first kappa shape index (κ1) is 22.5. The van der Waals surface area contributed by atoms with Crippen molar-refractivity contribution < 1.29 is 117 Å². The summed E-state index contributed by atoms with van der Waals surface area (Å²) in [6.07, 6.45) is 0. The van der Waals surface area contributed by atoms with Crippen LogP contribution in [0.1, 0.15) is 1.43 Å². The molecular weight excluding hydrogens is 363 g/mol. The molecule has 0 radical (unpaired) electrons. The minimum atomic E-state index is -2.17. The first-order valence-electron chi connectivity index (χ1n) is 0.775. The van der Waals surface area contributed by atoms with Crippen molar-refractivity contribution in [3.05, 3.63) is 0 Å². The Morgan fingerprint density at radius 1 is 1.14 bits per heavy atom. The predicted molar refractivity (Wildman–Crippen MR) is 13.5 cm³/mol. The zero-order valence-electron chi connectivity index (χ0n) is 4.77. The van der Waals surface area contributed by atoms with Crippen molar-refractivity contribution in [2.75, 3.05) is 0 Å². The van der Waals surface area contributed by atoms with Crippen molar-refractivity contribution in [2.24, 2.45) is 0 Å². The van der Waals surface area contributed by atoms with Gasteiger partial charge in [0.2, 0.25) is 0 Å². The SMILES string of the molecule is OB(O)O.[Ce].[Gd].[H-].[Li+]. The van der Waals surface area contributed by atoms with Crippen molar-refractivity contribution >= 4 is 7.32 Å². The first-order chi connectivity index (χ1) is 1.73. The molecule has 0 heterocycles. The summed E-state index contributed by atoms with van der Waals surface area (Å²) < 4.78 is 0. The normalized spacial score (nSPS) is 3.86. The second-order valence-electron chi connectivity index (χ2n) is 0.346. The summed E-state index contributed by atoms with van der Waals surface area (Å²) in [6, 6.07) is 0. The summed E-state index contributed by atoms with van der Waals surface area (Å²) in [5.74, 6) is 0. The standard InChI is InChI=1S/BH3O3.Ce.Gd.Li.H/c2-1(3)4;;;;/h2-4H;;;;/q;;;+1;-1. The average molecular weight is 367 g/mol. The van der Waals surface area contributed by atoms with Crippen LogP contribution in [-0.2, 0) is 0 Å². The van der Waals surface area contributed by atoms with Gasteiger partial charge in [0, 0.05) is 81.7 Å². The van der Waals surface area contributed by atoms with Gasteiger partial charge in [0.05, 0.1) is 0 Å². The maximum absolute atomic E-state index is 7.17. The Bertz CT molecular complexity index is 24.0. The molecule has 0 spiro atoms. The smallest absolute Gasteiger partial charge is 1.00 e. The molecule has 0 aliphatic carbocycles. The van der Waals surface area contributed by atoms with Gasteiger partial charge >= 0.3 is 26.2 Å². The van der Waals surface area contributed by atoms with Gasteiger partial charge < -0.3 is 16.5 Å².